The topological polar surface area (TPSA) is 87.7 Å². The van der Waals surface area contributed by atoms with Crippen LogP contribution >= 0.6 is 0 Å². The largest absolute Gasteiger partial charge is 0.481 e. The van der Waals surface area contributed by atoms with Gasteiger partial charge in [0.05, 0.1) is 13.0 Å². The first-order valence-corrected chi connectivity index (χ1v) is 5.81. The number of rotatable bonds is 8. The molecule has 6 heteroatoms. The van der Waals surface area contributed by atoms with Gasteiger partial charge >= 0.3 is 12.0 Å². The van der Waals surface area contributed by atoms with Gasteiger partial charge in [-0.15, -0.1) is 0 Å². The van der Waals surface area contributed by atoms with Crippen LogP contribution in [0.4, 0.5) is 4.79 Å². The second-order valence-corrected chi connectivity index (χ2v) is 4.05. The summed E-state index contributed by atoms with van der Waals surface area (Å²) >= 11 is 0. The summed E-state index contributed by atoms with van der Waals surface area (Å²) in [5.74, 6) is -0.845. The van der Waals surface area contributed by atoms with Gasteiger partial charge < -0.3 is 20.5 Å². The molecule has 0 bridgehead atoms. The number of urea groups is 1. The number of carboxylic acids is 1. The third-order valence-electron chi connectivity index (χ3n) is 2.25. The van der Waals surface area contributed by atoms with Crippen molar-refractivity contribution in [3.63, 3.8) is 0 Å². The van der Waals surface area contributed by atoms with E-state index in [1.54, 1.807) is 0 Å². The van der Waals surface area contributed by atoms with E-state index in [4.69, 9.17) is 9.84 Å². The fourth-order valence-corrected chi connectivity index (χ4v) is 1.24. The van der Waals surface area contributed by atoms with Gasteiger partial charge in [0.1, 0.15) is 0 Å². The summed E-state index contributed by atoms with van der Waals surface area (Å²) in [6.45, 7) is 7.09. The molecule has 6 nitrogen and oxygen atoms in total. The molecule has 0 aliphatic rings. The Morgan fingerprint density at radius 2 is 2.00 bits per heavy atom. The molecule has 0 aromatic heterocycles. The maximum absolute atomic E-state index is 11.4. The zero-order valence-corrected chi connectivity index (χ0v) is 10.7. The van der Waals surface area contributed by atoms with Crippen molar-refractivity contribution in [2.45, 2.75) is 33.2 Å². The average Bonchev–Trinajstić information content (AvgIpc) is 2.22. The van der Waals surface area contributed by atoms with Crippen molar-refractivity contribution in [2.24, 2.45) is 5.92 Å². The SMILES string of the molecule is CCOCCNC(=O)NC(CC(=O)O)C(C)C. The fourth-order valence-electron chi connectivity index (χ4n) is 1.24. The van der Waals surface area contributed by atoms with Gasteiger partial charge in [-0.05, 0) is 12.8 Å². The van der Waals surface area contributed by atoms with Gasteiger partial charge in [-0.3, -0.25) is 4.79 Å². The predicted molar refractivity (Wildman–Crippen MR) is 63.9 cm³/mol. The number of nitrogens with one attached hydrogen (secondary N) is 2. The molecule has 1 unspecified atom stereocenters. The van der Waals surface area contributed by atoms with Crippen molar-refractivity contribution >= 4 is 12.0 Å². The maximum atomic E-state index is 11.4. The number of hydrogen-bond donors (Lipinski definition) is 3. The first-order chi connectivity index (χ1) is 7.97. The average molecular weight is 246 g/mol. The zero-order valence-electron chi connectivity index (χ0n) is 10.7. The quantitative estimate of drug-likeness (QED) is 0.553. The molecule has 0 rings (SSSR count). The Labute approximate surface area is 102 Å². The summed E-state index contributed by atoms with van der Waals surface area (Å²) in [7, 11) is 0. The van der Waals surface area contributed by atoms with Crippen LogP contribution in [-0.4, -0.2) is 42.9 Å². The predicted octanol–water partition coefficient (Wildman–Crippen LogP) is 0.821. The minimum Gasteiger partial charge on any atom is -0.481 e. The molecule has 0 saturated heterocycles. The van der Waals surface area contributed by atoms with E-state index in [1.807, 2.05) is 20.8 Å². The molecule has 0 aromatic rings. The molecular formula is C11H22N2O4. The number of carbonyl (C=O) groups excluding carboxylic acids is 1. The molecule has 0 aromatic carbocycles. The van der Waals surface area contributed by atoms with Crippen LogP contribution in [0.3, 0.4) is 0 Å². The Hall–Kier alpha value is -1.30. The first kappa shape index (κ1) is 15.7. The van der Waals surface area contributed by atoms with Gasteiger partial charge in [0, 0.05) is 19.2 Å². The van der Waals surface area contributed by atoms with Crippen molar-refractivity contribution in [1.82, 2.24) is 10.6 Å². The first-order valence-electron chi connectivity index (χ1n) is 5.81. The lowest BCUT2D eigenvalue weighted by Gasteiger charge is -2.20. The summed E-state index contributed by atoms with van der Waals surface area (Å²) in [4.78, 5) is 22.0. The number of carboxylic acid groups (broad SMARTS) is 1. The molecule has 0 aliphatic carbocycles. The van der Waals surface area contributed by atoms with Crippen molar-refractivity contribution in [3.05, 3.63) is 0 Å². The minimum atomic E-state index is -0.918. The summed E-state index contributed by atoms with van der Waals surface area (Å²) in [5.41, 5.74) is 0. The Morgan fingerprint density at radius 3 is 2.47 bits per heavy atom. The third kappa shape index (κ3) is 8.50. The van der Waals surface area contributed by atoms with Crippen molar-refractivity contribution in [3.8, 4) is 0 Å². The van der Waals surface area contributed by atoms with Crippen LogP contribution in [0, 0.1) is 5.92 Å². The Balaban J connectivity index is 3.91. The van der Waals surface area contributed by atoms with E-state index in [-0.39, 0.29) is 24.4 Å². The molecule has 1 atom stereocenters. The summed E-state index contributed by atoms with van der Waals surface area (Å²) < 4.78 is 5.06. The van der Waals surface area contributed by atoms with Gasteiger partial charge in [0.25, 0.3) is 0 Å². The lowest BCUT2D eigenvalue weighted by Crippen LogP contribution is -2.46. The molecule has 17 heavy (non-hydrogen) atoms. The molecule has 2 amide bonds. The molecule has 0 aliphatic heterocycles. The van der Waals surface area contributed by atoms with Crippen LogP contribution in [0.5, 0.6) is 0 Å². The monoisotopic (exact) mass is 246 g/mol. The lowest BCUT2D eigenvalue weighted by atomic mass is 10.0. The highest BCUT2D eigenvalue weighted by Gasteiger charge is 2.18. The fraction of sp³-hybridized carbons (Fsp3) is 0.818. The molecule has 100 valence electrons. The summed E-state index contributed by atoms with van der Waals surface area (Å²) in [6, 6.07) is -0.718. The highest BCUT2D eigenvalue weighted by molar-refractivity contribution is 5.75. The van der Waals surface area contributed by atoms with E-state index in [0.717, 1.165) is 0 Å². The van der Waals surface area contributed by atoms with Gasteiger partial charge in [0.15, 0.2) is 0 Å². The zero-order chi connectivity index (χ0) is 13.3. The normalized spacial score (nSPS) is 12.2. The van der Waals surface area contributed by atoms with Gasteiger partial charge in [-0.1, -0.05) is 13.8 Å². The molecular weight excluding hydrogens is 224 g/mol. The van der Waals surface area contributed by atoms with Crippen LogP contribution < -0.4 is 10.6 Å². The van der Waals surface area contributed by atoms with E-state index in [0.29, 0.717) is 19.8 Å². The van der Waals surface area contributed by atoms with Gasteiger partial charge in [0.2, 0.25) is 0 Å². The highest BCUT2D eigenvalue weighted by Crippen LogP contribution is 2.05. The van der Waals surface area contributed by atoms with E-state index < -0.39 is 5.97 Å². The number of amides is 2. The molecule has 0 spiro atoms. The number of aliphatic carboxylic acids is 1. The Morgan fingerprint density at radius 1 is 1.35 bits per heavy atom. The standard InChI is InChI=1S/C11H22N2O4/c1-4-17-6-5-12-11(16)13-9(8(2)3)7-10(14)15/h8-9H,4-7H2,1-3H3,(H,14,15)(H2,12,13,16). The molecule has 0 radical (unpaired) electrons. The lowest BCUT2D eigenvalue weighted by molar-refractivity contribution is -0.137. The summed E-state index contributed by atoms with van der Waals surface area (Å²) in [5, 5.41) is 13.9. The molecule has 0 heterocycles. The molecule has 3 N–H and O–H groups in total. The highest BCUT2D eigenvalue weighted by atomic mass is 16.5. The van der Waals surface area contributed by atoms with Crippen LogP contribution in [0.25, 0.3) is 0 Å². The number of ether oxygens (including phenoxy) is 1. The van der Waals surface area contributed by atoms with Crippen LogP contribution in [-0.2, 0) is 9.53 Å². The van der Waals surface area contributed by atoms with E-state index in [9.17, 15) is 9.59 Å². The molecule has 0 saturated carbocycles. The van der Waals surface area contributed by atoms with E-state index >= 15 is 0 Å². The molecule has 0 fully saturated rings. The third-order valence-corrected chi connectivity index (χ3v) is 2.25. The van der Waals surface area contributed by atoms with Crippen LogP contribution in [0.15, 0.2) is 0 Å². The Bertz CT molecular complexity index is 244. The second kappa shape index (κ2) is 8.81. The van der Waals surface area contributed by atoms with Gasteiger partial charge in [-0.2, -0.15) is 0 Å². The van der Waals surface area contributed by atoms with Crippen molar-refractivity contribution in [2.75, 3.05) is 19.8 Å². The number of hydrogen-bond acceptors (Lipinski definition) is 3. The van der Waals surface area contributed by atoms with Gasteiger partial charge in [-0.25, -0.2) is 4.79 Å². The maximum Gasteiger partial charge on any atom is 0.315 e. The summed E-state index contributed by atoms with van der Waals surface area (Å²) in [6.07, 6.45) is -0.0729. The number of carbonyl (C=O) groups is 2. The van der Waals surface area contributed by atoms with Crippen LogP contribution in [0.1, 0.15) is 27.2 Å². The van der Waals surface area contributed by atoms with Crippen LogP contribution in [0.2, 0.25) is 0 Å². The van der Waals surface area contributed by atoms with E-state index in [1.165, 1.54) is 0 Å². The minimum absolute atomic E-state index is 0.0729. The Kier molecular flexibility index (Phi) is 8.13. The van der Waals surface area contributed by atoms with Crippen molar-refractivity contribution < 1.29 is 19.4 Å². The van der Waals surface area contributed by atoms with Crippen molar-refractivity contribution in [1.29, 1.82) is 0 Å². The van der Waals surface area contributed by atoms with E-state index in [2.05, 4.69) is 10.6 Å². The second-order valence-electron chi connectivity index (χ2n) is 4.05. The smallest absolute Gasteiger partial charge is 0.315 e.